The van der Waals surface area contributed by atoms with Crippen molar-refractivity contribution in [2.45, 2.75) is 19.9 Å². The summed E-state index contributed by atoms with van der Waals surface area (Å²) in [6.45, 7) is 4.69. The summed E-state index contributed by atoms with van der Waals surface area (Å²) in [6.07, 6.45) is 0. The number of carboxylic acid groups (broad SMARTS) is 1. The number of nitrogens with one attached hydrogen (secondary N) is 1. The lowest BCUT2D eigenvalue weighted by molar-refractivity contribution is -0.142. The molecule has 2 rings (SSSR count). The highest BCUT2D eigenvalue weighted by Gasteiger charge is 2.30. The number of carbonyl (C=O) groups is 2. The van der Waals surface area contributed by atoms with Crippen LogP contribution in [0, 0.1) is 13.8 Å². The zero-order valence-electron chi connectivity index (χ0n) is 12.3. The van der Waals surface area contributed by atoms with Crippen molar-refractivity contribution in [3.8, 4) is 0 Å². The van der Waals surface area contributed by atoms with Crippen molar-refractivity contribution in [1.29, 1.82) is 0 Å². The second kappa shape index (κ2) is 6.95. The lowest BCUT2D eigenvalue weighted by Gasteiger charge is -2.31. The summed E-state index contributed by atoms with van der Waals surface area (Å²) in [5, 5.41) is 12.1. The maximum Gasteiger partial charge on any atom is 0.321 e. The van der Waals surface area contributed by atoms with E-state index in [1.54, 1.807) is 16.7 Å². The van der Waals surface area contributed by atoms with Crippen molar-refractivity contribution in [1.82, 2.24) is 4.90 Å². The molecule has 1 fully saturated rings. The Morgan fingerprint density at radius 3 is 2.86 bits per heavy atom. The lowest BCUT2D eigenvalue weighted by atomic mass is 10.1. The number of thioether (sulfide) groups is 1. The van der Waals surface area contributed by atoms with Gasteiger partial charge in [-0.05, 0) is 25.5 Å². The molecule has 6 heteroatoms. The summed E-state index contributed by atoms with van der Waals surface area (Å²) < 4.78 is 0. The molecule has 1 atom stereocenters. The number of carbonyl (C=O) groups excluding carboxylic acids is 1. The lowest BCUT2D eigenvalue weighted by Crippen LogP contribution is -2.50. The maximum atomic E-state index is 12.1. The van der Waals surface area contributed by atoms with Gasteiger partial charge in [0.15, 0.2) is 0 Å². The van der Waals surface area contributed by atoms with Crippen LogP contribution in [0.4, 0.5) is 5.69 Å². The first kappa shape index (κ1) is 15.9. The zero-order chi connectivity index (χ0) is 15.4. The number of aliphatic carboxylic acids is 1. The van der Waals surface area contributed by atoms with Crippen LogP contribution in [-0.4, -0.2) is 52.5 Å². The van der Waals surface area contributed by atoms with Crippen molar-refractivity contribution >= 4 is 29.3 Å². The van der Waals surface area contributed by atoms with Gasteiger partial charge in [0.25, 0.3) is 0 Å². The molecule has 0 spiro atoms. The van der Waals surface area contributed by atoms with Crippen LogP contribution in [0.5, 0.6) is 0 Å². The highest BCUT2D eigenvalue weighted by Crippen LogP contribution is 2.18. The number of benzene rings is 1. The minimum atomic E-state index is -0.860. The molecule has 2 N–H and O–H groups in total. The quantitative estimate of drug-likeness (QED) is 0.887. The summed E-state index contributed by atoms with van der Waals surface area (Å²) in [6, 6.07) is 5.25. The van der Waals surface area contributed by atoms with Crippen LogP contribution in [-0.2, 0) is 9.59 Å². The van der Waals surface area contributed by atoms with Crippen molar-refractivity contribution < 1.29 is 14.7 Å². The Kier molecular flexibility index (Phi) is 5.25. The normalized spacial score (nSPS) is 19.2. The molecule has 1 aliphatic rings. The third kappa shape index (κ3) is 4.22. The molecule has 5 nitrogen and oxygen atoms in total. The highest BCUT2D eigenvalue weighted by atomic mass is 32.2. The van der Waals surface area contributed by atoms with E-state index in [0.29, 0.717) is 12.3 Å². The van der Waals surface area contributed by atoms with E-state index in [9.17, 15) is 14.7 Å². The van der Waals surface area contributed by atoms with Crippen molar-refractivity contribution in [3.63, 3.8) is 0 Å². The predicted octanol–water partition coefficient (Wildman–Crippen LogP) is 1.74. The van der Waals surface area contributed by atoms with E-state index in [-0.39, 0.29) is 12.5 Å². The van der Waals surface area contributed by atoms with Crippen molar-refractivity contribution in [2.75, 3.05) is 29.9 Å². The second-order valence-corrected chi connectivity index (χ2v) is 6.42. The van der Waals surface area contributed by atoms with Gasteiger partial charge in [-0.15, -0.1) is 0 Å². The Bertz CT molecular complexity index is 548. The third-order valence-electron chi connectivity index (χ3n) is 3.53. The molecule has 21 heavy (non-hydrogen) atoms. The summed E-state index contributed by atoms with van der Waals surface area (Å²) in [4.78, 5) is 25.1. The molecule has 0 aliphatic carbocycles. The van der Waals surface area contributed by atoms with Gasteiger partial charge >= 0.3 is 5.97 Å². The summed E-state index contributed by atoms with van der Waals surface area (Å²) in [5.74, 6) is 0.369. The average Bonchev–Trinajstić information content (AvgIpc) is 2.42. The van der Waals surface area contributed by atoms with Gasteiger partial charge < -0.3 is 10.4 Å². The second-order valence-electron chi connectivity index (χ2n) is 5.27. The van der Waals surface area contributed by atoms with Gasteiger partial charge in [-0.2, -0.15) is 11.8 Å². The molecular weight excluding hydrogens is 288 g/mol. The fraction of sp³-hybridized carbons (Fsp3) is 0.467. The van der Waals surface area contributed by atoms with E-state index in [1.165, 1.54) is 0 Å². The molecule has 1 heterocycles. The van der Waals surface area contributed by atoms with Gasteiger partial charge in [-0.1, -0.05) is 17.7 Å². The van der Waals surface area contributed by atoms with Crippen LogP contribution < -0.4 is 5.32 Å². The molecule has 1 aromatic rings. The number of carboxylic acids is 1. The van der Waals surface area contributed by atoms with Gasteiger partial charge in [-0.25, -0.2) is 0 Å². The minimum absolute atomic E-state index is 0.116. The maximum absolute atomic E-state index is 12.1. The third-order valence-corrected chi connectivity index (χ3v) is 4.55. The molecule has 1 aliphatic heterocycles. The number of aryl methyl sites for hydroxylation is 2. The fourth-order valence-electron chi connectivity index (χ4n) is 2.38. The highest BCUT2D eigenvalue weighted by molar-refractivity contribution is 7.99. The molecule has 1 saturated heterocycles. The van der Waals surface area contributed by atoms with E-state index >= 15 is 0 Å². The Morgan fingerprint density at radius 2 is 2.19 bits per heavy atom. The van der Waals surface area contributed by atoms with Gasteiger partial charge in [-0.3, -0.25) is 14.5 Å². The van der Waals surface area contributed by atoms with Crippen molar-refractivity contribution in [2.24, 2.45) is 0 Å². The molecular formula is C15H20N2O3S. The first-order valence-electron chi connectivity index (χ1n) is 6.89. The SMILES string of the molecule is Cc1ccc(NC(=O)CN2CCSCC2C(=O)O)c(C)c1. The standard InChI is InChI=1S/C15H20N2O3S/c1-10-3-4-12(11(2)7-10)16-14(18)8-17-5-6-21-9-13(17)15(19)20/h3-4,7,13H,5-6,8-9H2,1-2H3,(H,16,18)(H,19,20). The van der Waals surface area contributed by atoms with Crippen LogP contribution in [0.15, 0.2) is 18.2 Å². The van der Waals surface area contributed by atoms with E-state index in [1.807, 2.05) is 32.0 Å². The Hall–Kier alpha value is -1.53. The molecule has 1 aromatic carbocycles. The van der Waals surface area contributed by atoms with E-state index < -0.39 is 12.0 Å². The Balaban J connectivity index is 1.98. The number of amides is 1. The van der Waals surface area contributed by atoms with Crippen LogP contribution >= 0.6 is 11.8 Å². The first-order valence-corrected chi connectivity index (χ1v) is 8.04. The first-order chi connectivity index (χ1) is 9.97. The monoisotopic (exact) mass is 308 g/mol. The molecule has 114 valence electrons. The summed E-state index contributed by atoms with van der Waals surface area (Å²) in [7, 11) is 0. The van der Waals surface area contributed by atoms with Crippen LogP contribution in [0.2, 0.25) is 0 Å². The van der Waals surface area contributed by atoms with Crippen LogP contribution in [0.25, 0.3) is 0 Å². The Morgan fingerprint density at radius 1 is 1.43 bits per heavy atom. The molecule has 0 saturated carbocycles. The minimum Gasteiger partial charge on any atom is -0.480 e. The Labute approximate surface area is 128 Å². The molecule has 1 amide bonds. The number of nitrogens with zero attached hydrogens (tertiary/aromatic N) is 1. The molecule has 0 bridgehead atoms. The van der Waals surface area contributed by atoms with Gasteiger partial charge in [0, 0.05) is 23.7 Å². The number of rotatable bonds is 4. The number of hydrogen-bond acceptors (Lipinski definition) is 4. The molecule has 0 aromatic heterocycles. The fourth-order valence-corrected chi connectivity index (χ4v) is 3.49. The topological polar surface area (TPSA) is 69.6 Å². The molecule has 0 radical (unpaired) electrons. The van der Waals surface area contributed by atoms with Gasteiger partial charge in [0.2, 0.25) is 5.91 Å². The zero-order valence-corrected chi connectivity index (χ0v) is 13.1. The summed E-state index contributed by atoms with van der Waals surface area (Å²) >= 11 is 1.62. The van der Waals surface area contributed by atoms with E-state index in [4.69, 9.17) is 0 Å². The van der Waals surface area contributed by atoms with Crippen molar-refractivity contribution in [3.05, 3.63) is 29.3 Å². The van der Waals surface area contributed by atoms with Crippen LogP contribution in [0.3, 0.4) is 0 Å². The number of hydrogen-bond donors (Lipinski definition) is 2. The smallest absolute Gasteiger partial charge is 0.321 e. The van der Waals surface area contributed by atoms with Gasteiger partial charge in [0.1, 0.15) is 6.04 Å². The van der Waals surface area contributed by atoms with Crippen LogP contribution in [0.1, 0.15) is 11.1 Å². The summed E-state index contributed by atoms with van der Waals surface area (Å²) in [5.41, 5.74) is 2.93. The largest absolute Gasteiger partial charge is 0.480 e. The van der Waals surface area contributed by atoms with E-state index in [2.05, 4.69) is 5.32 Å². The van der Waals surface area contributed by atoms with E-state index in [0.717, 1.165) is 22.6 Å². The molecule has 1 unspecified atom stereocenters. The number of anilines is 1. The predicted molar refractivity (Wildman–Crippen MR) is 84.9 cm³/mol. The van der Waals surface area contributed by atoms with Gasteiger partial charge in [0.05, 0.1) is 6.54 Å². The average molecular weight is 308 g/mol.